The number of carbonyl (C=O) groups excluding carboxylic acids is 1. The standard InChI is InChI=1S/C20H27N3OS/c1-13-10-11-23(12-13)16-8-6-15(7-9-16)22-18(24)17-14(2)21-19(25-17)20(3,4)5/h6-9,13H,10-12H2,1-5H3,(H,22,24). The van der Waals surface area contributed by atoms with E-state index >= 15 is 0 Å². The van der Waals surface area contributed by atoms with Gasteiger partial charge in [-0.05, 0) is 43.5 Å². The number of nitrogens with one attached hydrogen (secondary N) is 1. The molecule has 3 rings (SSSR count). The van der Waals surface area contributed by atoms with Gasteiger partial charge >= 0.3 is 0 Å². The van der Waals surface area contributed by atoms with Crippen molar-refractivity contribution in [3.05, 3.63) is 39.8 Å². The molecule has 1 aromatic carbocycles. The van der Waals surface area contributed by atoms with Crippen molar-refractivity contribution in [2.45, 2.75) is 46.5 Å². The molecule has 1 aliphatic rings. The summed E-state index contributed by atoms with van der Waals surface area (Å²) in [5, 5.41) is 4.00. The Morgan fingerprint density at radius 1 is 1.28 bits per heavy atom. The molecule has 1 saturated heterocycles. The number of benzene rings is 1. The molecule has 0 aliphatic carbocycles. The SMILES string of the molecule is Cc1nc(C(C)(C)C)sc1C(=O)Nc1ccc(N2CCC(C)C2)cc1. The minimum atomic E-state index is -0.0759. The molecule has 1 atom stereocenters. The number of hydrogen-bond donors (Lipinski definition) is 1. The van der Waals surface area contributed by atoms with Gasteiger partial charge in [-0.25, -0.2) is 4.98 Å². The van der Waals surface area contributed by atoms with Crippen LogP contribution in [0.25, 0.3) is 0 Å². The monoisotopic (exact) mass is 357 g/mol. The van der Waals surface area contributed by atoms with E-state index in [1.807, 2.05) is 19.1 Å². The molecule has 2 aromatic rings. The van der Waals surface area contributed by atoms with Gasteiger partial charge in [0.1, 0.15) is 4.88 Å². The van der Waals surface area contributed by atoms with E-state index in [0.29, 0.717) is 4.88 Å². The van der Waals surface area contributed by atoms with Gasteiger partial charge in [0, 0.05) is 29.9 Å². The highest BCUT2D eigenvalue weighted by Gasteiger charge is 2.23. The Morgan fingerprint density at radius 2 is 1.96 bits per heavy atom. The predicted octanol–water partition coefficient (Wildman–Crippen LogP) is 4.85. The third-order valence-corrected chi connectivity index (χ3v) is 6.14. The third-order valence-electron chi connectivity index (χ3n) is 4.56. The minimum absolute atomic E-state index is 0.0392. The zero-order valence-electron chi connectivity index (χ0n) is 15.7. The fourth-order valence-corrected chi connectivity index (χ4v) is 4.06. The van der Waals surface area contributed by atoms with E-state index in [0.717, 1.165) is 35.4 Å². The first kappa shape index (κ1) is 17.9. The van der Waals surface area contributed by atoms with Crippen molar-refractivity contribution in [3.8, 4) is 0 Å². The highest BCUT2D eigenvalue weighted by molar-refractivity contribution is 7.14. The van der Waals surface area contributed by atoms with Crippen molar-refractivity contribution in [3.63, 3.8) is 0 Å². The number of rotatable bonds is 3. The lowest BCUT2D eigenvalue weighted by Gasteiger charge is -2.18. The Morgan fingerprint density at radius 3 is 2.48 bits per heavy atom. The van der Waals surface area contributed by atoms with Crippen molar-refractivity contribution in [1.29, 1.82) is 0 Å². The summed E-state index contributed by atoms with van der Waals surface area (Å²) in [7, 11) is 0. The number of hydrogen-bond acceptors (Lipinski definition) is 4. The summed E-state index contributed by atoms with van der Waals surface area (Å²) in [5.41, 5.74) is 2.81. The summed E-state index contributed by atoms with van der Waals surface area (Å²) in [6, 6.07) is 8.15. The fraction of sp³-hybridized carbons (Fsp3) is 0.500. The summed E-state index contributed by atoms with van der Waals surface area (Å²) in [5.74, 6) is 0.679. The molecule has 0 spiro atoms. The molecule has 1 unspecified atom stereocenters. The van der Waals surface area contributed by atoms with Gasteiger partial charge in [-0.15, -0.1) is 11.3 Å². The fourth-order valence-electron chi connectivity index (χ4n) is 3.04. The summed E-state index contributed by atoms with van der Waals surface area (Å²) in [4.78, 5) is 20.3. The van der Waals surface area contributed by atoms with Crippen LogP contribution in [0.15, 0.2) is 24.3 Å². The number of nitrogens with zero attached hydrogens (tertiary/aromatic N) is 2. The molecule has 2 heterocycles. The number of thiazole rings is 1. The number of anilines is 2. The molecule has 0 saturated carbocycles. The van der Waals surface area contributed by atoms with Gasteiger partial charge in [-0.2, -0.15) is 0 Å². The molecule has 1 N–H and O–H groups in total. The molecule has 1 fully saturated rings. The Labute approximate surface area is 154 Å². The maximum absolute atomic E-state index is 12.6. The quantitative estimate of drug-likeness (QED) is 0.854. The van der Waals surface area contributed by atoms with Gasteiger partial charge in [0.2, 0.25) is 0 Å². The first-order valence-electron chi connectivity index (χ1n) is 8.88. The Hall–Kier alpha value is -1.88. The zero-order chi connectivity index (χ0) is 18.2. The van der Waals surface area contributed by atoms with Gasteiger partial charge in [0.05, 0.1) is 10.7 Å². The number of carbonyl (C=O) groups is 1. The van der Waals surface area contributed by atoms with E-state index in [1.165, 1.54) is 23.4 Å². The molecule has 1 aromatic heterocycles. The van der Waals surface area contributed by atoms with Crippen LogP contribution in [-0.4, -0.2) is 24.0 Å². The van der Waals surface area contributed by atoms with Gasteiger partial charge in [-0.1, -0.05) is 27.7 Å². The van der Waals surface area contributed by atoms with Crippen LogP contribution in [0.2, 0.25) is 0 Å². The Balaban J connectivity index is 1.70. The number of aromatic nitrogens is 1. The number of amides is 1. The highest BCUT2D eigenvalue weighted by atomic mass is 32.1. The zero-order valence-corrected chi connectivity index (χ0v) is 16.5. The molecular weight excluding hydrogens is 330 g/mol. The van der Waals surface area contributed by atoms with Gasteiger partial charge < -0.3 is 10.2 Å². The second-order valence-electron chi connectivity index (χ2n) is 8.02. The van der Waals surface area contributed by atoms with Crippen LogP contribution in [0.4, 0.5) is 11.4 Å². The first-order chi connectivity index (χ1) is 11.7. The molecule has 0 bridgehead atoms. The van der Waals surface area contributed by atoms with Crippen LogP contribution in [0.1, 0.15) is 54.5 Å². The molecule has 25 heavy (non-hydrogen) atoms. The molecule has 5 heteroatoms. The van der Waals surface area contributed by atoms with Gasteiger partial charge in [-0.3, -0.25) is 4.79 Å². The van der Waals surface area contributed by atoms with Crippen LogP contribution in [0.3, 0.4) is 0 Å². The van der Waals surface area contributed by atoms with Crippen molar-refractivity contribution >= 4 is 28.6 Å². The molecular formula is C20H27N3OS. The predicted molar refractivity (Wildman–Crippen MR) is 106 cm³/mol. The molecule has 1 amide bonds. The summed E-state index contributed by atoms with van der Waals surface area (Å²) in [6.07, 6.45) is 1.25. The summed E-state index contributed by atoms with van der Waals surface area (Å²) >= 11 is 1.49. The maximum Gasteiger partial charge on any atom is 0.267 e. The smallest absolute Gasteiger partial charge is 0.267 e. The average molecular weight is 358 g/mol. The van der Waals surface area contributed by atoms with Crippen molar-refractivity contribution in [2.24, 2.45) is 5.92 Å². The lowest BCUT2D eigenvalue weighted by Crippen LogP contribution is -2.19. The highest BCUT2D eigenvalue weighted by Crippen LogP contribution is 2.30. The van der Waals surface area contributed by atoms with Crippen LogP contribution in [0, 0.1) is 12.8 Å². The van der Waals surface area contributed by atoms with Crippen LogP contribution < -0.4 is 10.2 Å². The largest absolute Gasteiger partial charge is 0.371 e. The summed E-state index contributed by atoms with van der Waals surface area (Å²) < 4.78 is 0. The Kier molecular flexibility index (Phi) is 4.87. The molecule has 134 valence electrons. The van der Waals surface area contributed by atoms with Crippen LogP contribution in [-0.2, 0) is 5.41 Å². The van der Waals surface area contributed by atoms with E-state index in [-0.39, 0.29) is 11.3 Å². The van der Waals surface area contributed by atoms with E-state index in [4.69, 9.17) is 0 Å². The van der Waals surface area contributed by atoms with Crippen LogP contribution in [0.5, 0.6) is 0 Å². The topological polar surface area (TPSA) is 45.2 Å². The third kappa shape index (κ3) is 4.03. The van der Waals surface area contributed by atoms with Gasteiger partial charge in [0.15, 0.2) is 0 Å². The van der Waals surface area contributed by atoms with Crippen molar-refractivity contribution in [1.82, 2.24) is 4.98 Å². The normalized spacial score (nSPS) is 17.8. The lowest BCUT2D eigenvalue weighted by molar-refractivity contribution is 0.103. The summed E-state index contributed by atoms with van der Waals surface area (Å²) in [6.45, 7) is 12.8. The van der Waals surface area contributed by atoms with Gasteiger partial charge in [0.25, 0.3) is 5.91 Å². The van der Waals surface area contributed by atoms with E-state index in [2.05, 4.69) is 55.0 Å². The van der Waals surface area contributed by atoms with E-state index in [1.54, 1.807) is 0 Å². The lowest BCUT2D eigenvalue weighted by atomic mass is 9.98. The Bertz CT molecular complexity index is 758. The minimum Gasteiger partial charge on any atom is -0.371 e. The maximum atomic E-state index is 12.6. The van der Waals surface area contributed by atoms with E-state index < -0.39 is 0 Å². The molecule has 0 radical (unpaired) electrons. The second-order valence-corrected chi connectivity index (χ2v) is 9.02. The number of aryl methyl sites for hydroxylation is 1. The second kappa shape index (κ2) is 6.79. The first-order valence-corrected chi connectivity index (χ1v) is 9.70. The van der Waals surface area contributed by atoms with Crippen molar-refractivity contribution in [2.75, 3.05) is 23.3 Å². The van der Waals surface area contributed by atoms with Crippen molar-refractivity contribution < 1.29 is 4.79 Å². The molecule has 4 nitrogen and oxygen atoms in total. The average Bonchev–Trinajstić information content (AvgIpc) is 3.14. The van der Waals surface area contributed by atoms with E-state index in [9.17, 15) is 4.79 Å². The van der Waals surface area contributed by atoms with Crippen LogP contribution >= 0.6 is 11.3 Å². The molecule has 1 aliphatic heterocycles.